The van der Waals surface area contributed by atoms with Crippen molar-refractivity contribution >= 4 is 40.1 Å². The van der Waals surface area contributed by atoms with Crippen molar-refractivity contribution in [3.05, 3.63) is 99.0 Å². The Kier molecular flexibility index (Phi) is 6.68. The van der Waals surface area contributed by atoms with Crippen LogP contribution in [0.1, 0.15) is 21.8 Å². The molecule has 0 spiro atoms. The van der Waals surface area contributed by atoms with Crippen molar-refractivity contribution in [2.75, 3.05) is 5.32 Å². The Hall–Kier alpha value is -3.73. The van der Waals surface area contributed by atoms with Gasteiger partial charge in [-0.25, -0.2) is 9.37 Å². The van der Waals surface area contributed by atoms with E-state index < -0.39 is 5.91 Å². The number of aryl methyl sites for hydroxylation is 1. The van der Waals surface area contributed by atoms with E-state index in [2.05, 4.69) is 10.3 Å². The van der Waals surface area contributed by atoms with E-state index in [-0.39, 0.29) is 11.4 Å². The number of amides is 1. The number of hydrogen-bond donors (Lipinski definition) is 1. The van der Waals surface area contributed by atoms with Gasteiger partial charge in [0.25, 0.3) is 5.91 Å². The van der Waals surface area contributed by atoms with Gasteiger partial charge in [-0.15, -0.1) is 11.3 Å². The van der Waals surface area contributed by atoms with E-state index in [1.54, 1.807) is 30.5 Å². The third kappa shape index (κ3) is 5.55. The topological polar surface area (TPSA) is 78.9 Å². The SMILES string of the molecule is Cc1ccc(Cc2cnc(NC(=O)/C(C#N)=C/c3ccc(-c4ccc(F)cc4)o3)s2)cc1Cl. The first-order valence-electron chi connectivity index (χ1n) is 9.90. The van der Waals surface area contributed by atoms with Gasteiger partial charge in [-0.3, -0.25) is 10.1 Å². The van der Waals surface area contributed by atoms with Crippen molar-refractivity contribution < 1.29 is 13.6 Å². The van der Waals surface area contributed by atoms with Crippen LogP contribution in [-0.4, -0.2) is 10.9 Å². The number of anilines is 1. The van der Waals surface area contributed by atoms with Crippen LogP contribution in [-0.2, 0) is 11.2 Å². The molecule has 164 valence electrons. The van der Waals surface area contributed by atoms with E-state index in [0.29, 0.717) is 33.7 Å². The largest absolute Gasteiger partial charge is 0.457 e. The summed E-state index contributed by atoms with van der Waals surface area (Å²) in [5.74, 6) is -0.102. The monoisotopic (exact) mass is 477 g/mol. The highest BCUT2D eigenvalue weighted by molar-refractivity contribution is 7.15. The average Bonchev–Trinajstić information content (AvgIpc) is 3.44. The summed E-state index contributed by atoms with van der Waals surface area (Å²) in [6.07, 6.45) is 3.67. The summed E-state index contributed by atoms with van der Waals surface area (Å²) in [4.78, 5) is 17.8. The summed E-state index contributed by atoms with van der Waals surface area (Å²) in [6, 6.07) is 16.9. The Balaban J connectivity index is 1.44. The Morgan fingerprint density at radius 3 is 2.76 bits per heavy atom. The number of hydrogen-bond acceptors (Lipinski definition) is 5. The highest BCUT2D eigenvalue weighted by atomic mass is 35.5. The molecule has 4 rings (SSSR count). The predicted octanol–water partition coefficient (Wildman–Crippen LogP) is 6.64. The molecule has 0 saturated carbocycles. The average molecular weight is 478 g/mol. The van der Waals surface area contributed by atoms with E-state index in [9.17, 15) is 14.4 Å². The first-order valence-corrected chi connectivity index (χ1v) is 11.1. The molecule has 4 aromatic rings. The molecule has 8 heteroatoms. The third-order valence-electron chi connectivity index (χ3n) is 4.80. The zero-order valence-electron chi connectivity index (χ0n) is 17.4. The fourth-order valence-corrected chi connectivity index (χ4v) is 4.09. The molecular formula is C25H17ClFN3O2S. The summed E-state index contributed by atoms with van der Waals surface area (Å²) in [5.41, 5.74) is 2.61. The normalized spacial score (nSPS) is 11.3. The summed E-state index contributed by atoms with van der Waals surface area (Å²) in [7, 11) is 0. The van der Waals surface area contributed by atoms with Crippen LogP contribution in [0.3, 0.4) is 0 Å². The molecule has 1 amide bonds. The van der Waals surface area contributed by atoms with Gasteiger partial charge in [0.1, 0.15) is 29.0 Å². The minimum Gasteiger partial charge on any atom is -0.457 e. The van der Waals surface area contributed by atoms with Gasteiger partial charge in [-0.1, -0.05) is 23.7 Å². The van der Waals surface area contributed by atoms with E-state index >= 15 is 0 Å². The predicted molar refractivity (Wildman–Crippen MR) is 127 cm³/mol. The first kappa shape index (κ1) is 22.5. The van der Waals surface area contributed by atoms with Crippen LogP contribution in [0.15, 0.2) is 70.8 Å². The van der Waals surface area contributed by atoms with Crippen LogP contribution < -0.4 is 5.32 Å². The third-order valence-corrected chi connectivity index (χ3v) is 6.12. The Morgan fingerprint density at radius 2 is 2.03 bits per heavy atom. The second-order valence-electron chi connectivity index (χ2n) is 7.22. The quantitative estimate of drug-likeness (QED) is 0.249. The second kappa shape index (κ2) is 9.82. The number of nitriles is 1. The Labute approximate surface area is 198 Å². The number of carbonyl (C=O) groups excluding carboxylic acids is 1. The van der Waals surface area contributed by atoms with Gasteiger partial charge < -0.3 is 4.42 Å². The summed E-state index contributed by atoms with van der Waals surface area (Å²) < 4.78 is 18.8. The van der Waals surface area contributed by atoms with Gasteiger partial charge >= 0.3 is 0 Å². The Bertz CT molecular complexity index is 1380. The zero-order valence-corrected chi connectivity index (χ0v) is 19.0. The number of halogens is 2. The number of furan rings is 1. The highest BCUT2D eigenvalue weighted by Gasteiger charge is 2.14. The molecule has 5 nitrogen and oxygen atoms in total. The van der Waals surface area contributed by atoms with Gasteiger partial charge in [0.15, 0.2) is 5.13 Å². The maximum Gasteiger partial charge on any atom is 0.268 e. The molecule has 0 unspecified atom stereocenters. The molecule has 0 fully saturated rings. The molecule has 0 aliphatic heterocycles. The number of thiazole rings is 1. The molecule has 2 heterocycles. The minimum atomic E-state index is -0.587. The van der Waals surface area contributed by atoms with Crippen molar-refractivity contribution in [1.29, 1.82) is 5.26 Å². The lowest BCUT2D eigenvalue weighted by Gasteiger charge is -2.02. The minimum absolute atomic E-state index is 0.128. The van der Waals surface area contributed by atoms with Crippen molar-refractivity contribution in [3.8, 4) is 17.4 Å². The lowest BCUT2D eigenvalue weighted by molar-refractivity contribution is -0.112. The molecule has 0 radical (unpaired) electrons. The van der Waals surface area contributed by atoms with Gasteiger partial charge in [0, 0.05) is 34.2 Å². The maximum atomic E-state index is 13.1. The maximum absolute atomic E-state index is 13.1. The van der Waals surface area contributed by atoms with Crippen LogP contribution >= 0.6 is 22.9 Å². The summed E-state index contributed by atoms with van der Waals surface area (Å²) in [6.45, 7) is 1.94. The number of carbonyl (C=O) groups is 1. The van der Waals surface area contributed by atoms with E-state index in [0.717, 1.165) is 16.0 Å². The van der Waals surface area contributed by atoms with Gasteiger partial charge in [-0.05, 0) is 60.5 Å². The lowest BCUT2D eigenvalue weighted by Crippen LogP contribution is -2.13. The van der Waals surface area contributed by atoms with Crippen LogP contribution in [0.4, 0.5) is 9.52 Å². The summed E-state index contributed by atoms with van der Waals surface area (Å²) in [5, 5.41) is 13.2. The lowest BCUT2D eigenvalue weighted by atomic mass is 10.1. The molecule has 0 aliphatic rings. The van der Waals surface area contributed by atoms with Crippen LogP contribution in [0.2, 0.25) is 5.02 Å². The molecule has 2 aromatic carbocycles. The van der Waals surface area contributed by atoms with Crippen LogP contribution in [0.25, 0.3) is 17.4 Å². The number of nitrogens with one attached hydrogen (secondary N) is 1. The fraction of sp³-hybridized carbons (Fsp3) is 0.0800. The smallest absolute Gasteiger partial charge is 0.268 e. The van der Waals surface area contributed by atoms with Gasteiger partial charge in [0.2, 0.25) is 0 Å². The highest BCUT2D eigenvalue weighted by Crippen LogP contribution is 2.26. The molecule has 0 atom stereocenters. The molecule has 0 saturated heterocycles. The van der Waals surface area contributed by atoms with Crippen LogP contribution in [0, 0.1) is 24.1 Å². The van der Waals surface area contributed by atoms with Crippen LogP contribution in [0.5, 0.6) is 0 Å². The van der Waals surface area contributed by atoms with Gasteiger partial charge in [-0.2, -0.15) is 5.26 Å². The number of nitrogens with zero attached hydrogens (tertiary/aromatic N) is 2. The van der Waals surface area contributed by atoms with E-state index in [1.165, 1.54) is 29.5 Å². The second-order valence-corrected chi connectivity index (χ2v) is 8.75. The van der Waals surface area contributed by atoms with E-state index in [4.69, 9.17) is 16.0 Å². The fourth-order valence-electron chi connectivity index (χ4n) is 3.05. The molecule has 1 N–H and O–H groups in total. The number of benzene rings is 2. The number of rotatable bonds is 6. The number of aromatic nitrogens is 1. The molecule has 33 heavy (non-hydrogen) atoms. The van der Waals surface area contributed by atoms with Crippen molar-refractivity contribution in [1.82, 2.24) is 4.98 Å². The van der Waals surface area contributed by atoms with Crippen molar-refractivity contribution in [2.24, 2.45) is 0 Å². The summed E-state index contributed by atoms with van der Waals surface area (Å²) >= 11 is 7.51. The molecular weight excluding hydrogens is 461 g/mol. The Morgan fingerprint density at radius 1 is 1.24 bits per heavy atom. The van der Waals surface area contributed by atoms with Crippen molar-refractivity contribution in [3.63, 3.8) is 0 Å². The zero-order chi connectivity index (χ0) is 23.4. The first-order chi connectivity index (χ1) is 15.9. The molecule has 0 bridgehead atoms. The van der Waals surface area contributed by atoms with Crippen molar-refractivity contribution in [2.45, 2.75) is 13.3 Å². The standard InChI is InChI=1S/C25H17ClFN3O2S/c1-15-2-3-16(11-22(15)26)10-21-14-29-25(33-21)30-24(31)18(13-28)12-20-8-9-23(32-20)17-4-6-19(27)7-5-17/h2-9,11-12,14H,10H2,1H3,(H,29,30,31)/b18-12+. The van der Waals surface area contributed by atoms with Gasteiger partial charge in [0.05, 0.1) is 0 Å². The molecule has 0 aliphatic carbocycles. The molecule has 2 aromatic heterocycles. The van der Waals surface area contributed by atoms with E-state index in [1.807, 2.05) is 31.2 Å².